The van der Waals surface area contributed by atoms with Crippen molar-refractivity contribution in [1.29, 1.82) is 0 Å². The van der Waals surface area contributed by atoms with Crippen LogP contribution >= 0.6 is 0 Å². The summed E-state index contributed by atoms with van der Waals surface area (Å²) in [5, 5.41) is 4.27. The summed E-state index contributed by atoms with van der Waals surface area (Å²) >= 11 is 0. The molecule has 6 rings (SSSR count). The van der Waals surface area contributed by atoms with E-state index in [2.05, 4.69) is 170 Å². The van der Waals surface area contributed by atoms with Crippen molar-refractivity contribution >= 4 is 36.6 Å². The third kappa shape index (κ3) is 5.68. The van der Waals surface area contributed by atoms with Crippen LogP contribution < -0.4 is 21.3 Å². The summed E-state index contributed by atoms with van der Waals surface area (Å²) in [6, 6.07) is 53.5. The number of hydrogen-bond acceptors (Lipinski definition) is 1. The Labute approximate surface area is 252 Å². The third-order valence-corrected chi connectivity index (χ3v) is 13.3. The minimum absolute atomic E-state index is 0.224. The van der Waals surface area contributed by atoms with Gasteiger partial charge in [-0.3, -0.25) is 4.98 Å². The molecule has 5 aromatic carbocycles. The van der Waals surface area contributed by atoms with Gasteiger partial charge in [0.05, 0.1) is 5.72 Å². The van der Waals surface area contributed by atoms with Crippen molar-refractivity contribution in [2.24, 2.45) is 0 Å². The second-order valence-electron chi connectivity index (χ2n) is 11.5. The molecule has 0 aliphatic rings. The molecule has 0 atom stereocenters. The highest BCUT2D eigenvalue weighted by atomic mass is 28.3. The first-order valence-corrected chi connectivity index (χ1v) is 17.2. The Morgan fingerprint density at radius 3 is 1.60 bits per heavy atom. The van der Waals surface area contributed by atoms with Crippen LogP contribution in [0.3, 0.4) is 0 Å². The van der Waals surface area contributed by atoms with E-state index in [9.17, 15) is 0 Å². The van der Waals surface area contributed by atoms with E-state index >= 15 is 0 Å². The van der Waals surface area contributed by atoms with E-state index in [0.717, 1.165) is 19.2 Å². The molecule has 0 amide bonds. The average molecular weight is 561 g/mol. The van der Waals surface area contributed by atoms with Gasteiger partial charge >= 0.3 is 0 Å². The zero-order valence-electron chi connectivity index (χ0n) is 24.5. The van der Waals surface area contributed by atoms with Gasteiger partial charge in [-0.15, -0.1) is 0 Å². The lowest BCUT2D eigenvalue weighted by molar-refractivity contribution is 0.866. The van der Waals surface area contributed by atoms with Crippen LogP contribution in [0.2, 0.25) is 0 Å². The number of nitrogens with zero attached hydrogens (tertiary/aromatic N) is 2. The highest BCUT2D eigenvalue weighted by molar-refractivity contribution is 7.10. The number of imidazole rings is 1. The normalized spacial score (nSPS) is 11.6. The molecule has 206 valence electrons. The predicted molar refractivity (Wildman–Crippen MR) is 182 cm³/mol. The maximum absolute atomic E-state index is 5.00. The summed E-state index contributed by atoms with van der Waals surface area (Å²) in [5.74, 6) is 0.687. The van der Waals surface area contributed by atoms with Crippen molar-refractivity contribution in [3.63, 3.8) is 0 Å². The Hall–Kier alpha value is -4.41. The summed E-state index contributed by atoms with van der Waals surface area (Å²) < 4.78 is 2.45. The molecule has 6 aromatic rings. The quantitative estimate of drug-likeness (QED) is 0.158. The number of aromatic nitrogens is 2. The Balaban J connectivity index is 1.50. The average Bonchev–Trinajstić information content (AvgIpc) is 3.50. The molecular formula is C38H37BN2Si. The van der Waals surface area contributed by atoms with Crippen LogP contribution in [0.1, 0.15) is 42.3 Å². The number of rotatable bonds is 10. The van der Waals surface area contributed by atoms with Crippen LogP contribution in [0.4, 0.5) is 0 Å². The summed E-state index contributed by atoms with van der Waals surface area (Å²) in [4.78, 5) is 5.00. The van der Waals surface area contributed by atoms with Gasteiger partial charge < -0.3 is 4.57 Å². The Bertz CT molecular complexity index is 1620. The van der Waals surface area contributed by atoms with Gasteiger partial charge in [0, 0.05) is 18.6 Å². The SMILES string of the molecule is CC(C)c1cccc([Si](Cn2ccnc2BC(c2ccccc2)c2ccccc2)(c2ccccc2)c2ccccc2)c1. The molecule has 2 nitrogen and oxygen atoms in total. The zero-order valence-corrected chi connectivity index (χ0v) is 25.5. The van der Waals surface area contributed by atoms with Crippen LogP contribution in [0.5, 0.6) is 0 Å². The van der Waals surface area contributed by atoms with E-state index in [1.807, 2.05) is 6.20 Å². The molecule has 0 N–H and O–H groups in total. The molecule has 0 aliphatic carbocycles. The van der Waals surface area contributed by atoms with E-state index < -0.39 is 8.07 Å². The lowest BCUT2D eigenvalue weighted by atomic mass is 9.58. The molecular weight excluding hydrogens is 523 g/mol. The van der Waals surface area contributed by atoms with Gasteiger partial charge in [-0.05, 0) is 44.0 Å². The molecule has 42 heavy (non-hydrogen) atoms. The fourth-order valence-electron chi connectivity index (χ4n) is 6.29. The maximum atomic E-state index is 5.00. The minimum atomic E-state index is -2.52. The van der Waals surface area contributed by atoms with Crippen molar-refractivity contribution in [2.45, 2.75) is 31.8 Å². The van der Waals surface area contributed by atoms with E-state index in [0.29, 0.717) is 5.92 Å². The Morgan fingerprint density at radius 1 is 0.595 bits per heavy atom. The van der Waals surface area contributed by atoms with Crippen molar-refractivity contribution in [3.05, 3.63) is 175 Å². The third-order valence-electron chi connectivity index (χ3n) is 8.58. The first-order chi connectivity index (χ1) is 20.6. The fourth-order valence-corrected chi connectivity index (χ4v) is 11.0. The number of benzene rings is 5. The molecule has 0 unspecified atom stereocenters. The molecule has 1 aromatic heterocycles. The second kappa shape index (κ2) is 12.6. The Kier molecular flexibility index (Phi) is 8.34. The standard InChI is InChI=1S/C38H37BN2Si/c1-30(2)33-20-15-25-36(28-33)42(34-21-11-5-12-22-34,35-23-13-6-14-24-35)29-41-27-26-40-38(41)39-37(31-16-7-3-8-17-31)32-18-9-4-10-19-32/h3-28,30,37,39H,29H2,1-2H3. The molecule has 0 spiro atoms. The van der Waals surface area contributed by atoms with Gasteiger partial charge in [0.2, 0.25) is 7.28 Å². The lowest BCUT2D eigenvalue weighted by Gasteiger charge is -2.35. The van der Waals surface area contributed by atoms with E-state index in [1.54, 1.807) is 0 Å². The van der Waals surface area contributed by atoms with Gasteiger partial charge in [0.15, 0.2) is 8.07 Å². The summed E-state index contributed by atoms with van der Waals surface area (Å²) in [5.41, 5.74) is 5.14. The van der Waals surface area contributed by atoms with Crippen LogP contribution in [0, 0.1) is 0 Å². The smallest absolute Gasteiger partial charge is 0.217 e. The van der Waals surface area contributed by atoms with Crippen molar-refractivity contribution in [3.8, 4) is 0 Å². The van der Waals surface area contributed by atoms with Crippen LogP contribution in [-0.2, 0) is 6.17 Å². The first-order valence-electron chi connectivity index (χ1n) is 15.0. The maximum Gasteiger partial charge on any atom is 0.217 e. The summed E-state index contributed by atoms with van der Waals surface area (Å²) in [6.07, 6.45) is 5.07. The molecule has 0 saturated carbocycles. The van der Waals surface area contributed by atoms with Crippen molar-refractivity contribution in [2.75, 3.05) is 0 Å². The summed E-state index contributed by atoms with van der Waals surface area (Å²) in [7, 11) is -1.69. The topological polar surface area (TPSA) is 17.8 Å². The fraction of sp³-hybridized carbons (Fsp3) is 0.132. The summed E-state index contributed by atoms with van der Waals surface area (Å²) in [6.45, 7) is 4.57. The van der Waals surface area contributed by atoms with Crippen molar-refractivity contribution in [1.82, 2.24) is 9.55 Å². The second-order valence-corrected chi connectivity index (χ2v) is 15.3. The molecule has 0 bridgehead atoms. The van der Waals surface area contributed by atoms with Gasteiger partial charge in [-0.2, -0.15) is 0 Å². The van der Waals surface area contributed by atoms with Crippen LogP contribution in [-0.4, -0.2) is 24.9 Å². The first kappa shape index (κ1) is 27.7. The zero-order chi connectivity index (χ0) is 28.8. The highest BCUT2D eigenvalue weighted by Crippen LogP contribution is 2.23. The monoisotopic (exact) mass is 560 g/mol. The van der Waals surface area contributed by atoms with Gasteiger partial charge in [0.25, 0.3) is 0 Å². The molecule has 0 saturated heterocycles. The molecule has 1 heterocycles. The van der Waals surface area contributed by atoms with E-state index in [1.165, 1.54) is 32.3 Å². The molecule has 0 aliphatic heterocycles. The van der Waals surface area contributed by atoms with E-state index in [-0.39, 0.29) is 5.82 Å². The molecule has 4 heteroatoms. The van der Waals surface area contributed by atoms with Crippen LogP contribution in [0.15, 0.2) is 158 Å². The predicted octanol–water partition coefficient (Wildman–Crippen LogP) is 5.57. The largest absolute Gasteiger partial charge is 0.345 e. The number of hydrogen-bond donors (Lipinski definition) is 0. The molecule has 0 radical (unpaired) electrons. The van der Waals surface area contributed by atoms with Crippen LogP contribution in [0.25, 0.3) is 0 Å². The minimum Gasteiger partial charge on any atom is -0.345 e. The van der Waals surface area contributed by atoms with E-state index in [4.69, 9.17) is 4.98 Å². The van der Waals surface area contributed by atoms with Crippen molar-refractivity contribution < 1.29 is 0 Å². The molecule has 0 fully saturated rings. The lowest BCUT2D eigenvalue weighted by Crippen LogP contribution is -2.70. The van der Waals surface area contributed by atoms with Gasteiger partial charge in [-0.25, -0.2) is 0 Å². The highest BCUT2D eigenvalue weighted by Gasteiger charge is 2.40. The van der Waals surface area contributed by atoms with Gasteiger partial charge in [0.1, 0.15) is 0 Å². The Morgan fingerprint density at radius 2 is 1.07 bits per heavy atom. The van der Waals surface area contributed by atoms with Gasteiger partial charge in [-0.1, -0.05) is 159 Å².